The zero-order valence-corrected chi connectivity index (χ0v) is 21.0. The van der Waals surface area contributed by atoms with E-state index in [9.17, 15) is 18.0 Å². The molecule has 2 fully saturated rings. The predicted molar refractivity (Wildman–Crippen MR) is 134 cm³/mol. The molecule has 0 bridgehead atoms. The summed E-state index contributed by atoms with van der Waals surface area (Å²) in [6.45, 7) is 0. The second kappa shape index (κ2) is 8.69. The van der Waals surface area contributed by atoms with E-state index >= 15 is 0 Å². The number of benzene rings is 2. The topological polar surface area (TPSA) is 89.3 Å². The van der Waals surface area contributed by atoms with Gasteiger partial charge in [0.1, 0.15) is 0 Å². The monoisotopic (exact) mass is 503 g/mol. The van der Waals surface area contributed by atoms with Crippen LogP contribution < -0.4 is 0 Å². The number of rotatable bonds is 7. The van der Waals surface area contributed by atoms with Crippen LogP contribution in [0.3, 0.4) is 0 Å². The van der Waals surface area contributed by atoms with Gasteiger partial charge in [-0.05, 0) is 54.4 Å². The van der Waals surface area contributed by atoms with Crippen molar-refractivity contribution in [1.29, 1.82) is 0 Å². The van der Waals surface area contributed by atoms with Crippen LogP contribution >= 0.6 is 0 Å². The molecule has 3 aliphatic rings. The Morgan fingerprint density at radius 3 is 2.44 bits per heavy atom. The van der Waals surface area contributed by atoms with Crippen molar-refractivity contribution >= 4 is 21.7 Å². The van der Waals surface area contributed by atoms with E-state index in [0.717, 1.165) is 36.0 Å². The highest BCUT2D eigenvalue weighted by atomic mass is 32.2. The number of hydrogen-bond acceptors (Lipinski definition) is 5. The Morgan fingerprint density at radius 1 is 1.00 bits per heavy atom. The van der Waals surface area contributed by atoms with E-state index in [1.54, 1.807) is 16.5 Å². The number of carbonyl (C=O) groups is 2. The molecule has 0 spiro atoms. The molecule has 4 atom stereocenters. The number of imidazole rings is 1. The Labute approximate surface area is 211 Å². The summed E-state index contributed by atoms with van der Waals surface area (Å²) < 4.78 is 27.2. The fourth-order valence-electron chi connectivity index (χ4n) is 5.95. The van der Waals surface area contributed by atoms with Crippen LogP contribution in [0.15, 0.2) is 66.1 Å². The molecule has 1 saturated heterocycles. The van der Waals surface area contributed by atoms with Crippen molar-refractivity contribution in [2.45, 2.75) is 49.1 Å². The maximum Gasteiger partial charge on any atom is 0.233 e. The first kappa shape index (κ1) is 23.2. The van der Waals surface area contributed by atoms with Crippen molar-refractivity contribution in [2.75, 3.05) is 5.75 Å². The van der Waals surface area contributed by atoms with Gasteiger partial charge in [-0.15, -0.1) is 0 Å². The lowest BCUT2D eigenvalue weighted by atomic mass is 9.75. The minimum absolute atomic E-state index is 0.00544. The number of imide groups is 1. The van der Waals surface area contributed by atoms with Gasteiger partial charge in [0, 0.05) is 25.2 Å². The van der Waals surface area contributed by atoms with Gasteiger partial charge in [-0.1, -0.05) is 48.5 Å². The summed E-state index contributed by atoms with van der Waals surface area (Å²) in [7, 11) is -1.74. The van der Waals surface area contributed by atoms with Crippen molar-refractivity contribution in [2.24, 2.45) is 18.9 Å². The van der Waals surface area contributed by atoms with Crippen LogP contribution in [-0.4, -0.2) is 46.5 Å². The van der Waals surface area contributed by atoms with E-state index in [1.807, 2.05) is 24.3 Å². The number of aryl methyl sites for hydroxylation is 3. The third kappa shape index (κ3) is 4.07. The van der Waals surface area contributed by atoms with Gasteiger partial charge < -0.3 is 4.57 Å². The molecule has 1 aromatic heterocycles. The largest absolute Gasteiger partial charge is 0.339 e. The summed E-state index contributed by atoms with van der Waals surface area (Å²) in [6, 6.07) is 16.2. The predicted octanol–water partition coefficient (Wildman–Crippen LogP) is 3.08. The number of aromatic nitrogens is 2. The van der Waals surface area contributed by atoms with Crippen LogP contribution in [0.2, 0.25) is 0 Å². The normalized spacial score (nSPS) is 25.1. The van der Waals surface area contributed by atoms with E-state index in [1.165, 1.54) is 18.1 Å². The van der Waals surface area contributed by atoms with Gasteiger partial charge in [0.25, 0.3) is 0 Å². The number of amides is 2. The molecule has 1 saturated carbocycles. The maximum atomic E-state index is 13.0. The highest BCUT2D eigenvalue weighted by Gasteiger charge is 2.61. The maximum absolute atomic E-state index is 13.0. The molecule has 4 unspecified atom stereocenters. The molecule has 8 heteroatoms. The van der Waals surface area contributed by atoms with Crippen molar-refractivity contribution in [3.63, 3.8) is 0 Å². The third-order valence-electron chi connectivity index (χ3n) is 7.97. The number of piperidine rings is 1. The summed E-state index contributed by atoms with van der Waals surface area (Å²) in [4.78, 5) is 31.6. The zero-order valence-electron chi connectivity index (χ0n) is 20.2. The van der Waals surface area contributed by atoms with Gasteiger partial charge in [0.15, 0.2) is 14.9 Å². The van der Waals surface area contributed by atoms with E-state index in [-0.39, 0.29) is 46.4 Å². The van der Waals surface area contributed by atoms with Crippen molar-refractivity contribution in [3.8, 4) is 0 Å². The molecule has 2 heterocycles. The van der Waals surface area contributed by atoms with Crippen molar-refractivity contribution in [3.05, 3.63) is 83.3 Å². The Hall–Kier alpha value is -3.26. The lowest BCUT2D eigenvalue weighted by Crippen LogP contribution is -2.47. The molecule has 2 amide bonds. The smallest absolute Gasteiger partial charge is 0.233 e. The Morgan fingerprint density at radius 2 is 1.75 bits per heavy atom. The lowest BCUT2D eigenvalue weighted by Gasteiger charge is -2.39. The molecular weight excluding hydrogens is 474 g/mol. The first-order chi connectivity index (χ1) is 17.3. The molecule has 0 radical (unpaired) electrons. The van der Waals surface area contributed by atoms with E-state index < -0.39 is 9.84 Å². The van der Waals surface area contributed by atoms with E-state index in [2.05, 4.69) is 29.2 Å². The molecule has 0 N–H and O–H groups in total. The van der Waals surface area contributed by atoms with Gasteiger partial charge in [-0.25, -0.2) is 13.4 Å². The van der Waals surface area contributed by atoms with Crippen LogP contribution in [0.4, 0.5) is 0 Å². The fourth-order valence-corrected chi connectivity index (χ4v) is 7.20. The molecule has 7 nitrogen and oxygen atoms in total. The summed E-state index contributed by atoms with van der Waals surface area (Å²) in [5, 5.41) is 0.0922. The first-order valence-corrected chi connectivity index (χ1v) is 14.2. The van der Waals surface area contributed by atoms with Gasteiger partial charge in [-0.2, -0.15) is 0 Å². The van der Waals surface area contributed by atoms with Crippen LogP contribution in [0.1, 0.15) is 41.0 Å². The number of likely N-dealkylation sites (tertiary alicyclic amines) is 1. The molecular formula is C28H29N3O4S. The standard InChI is InChI=1S/C28H29N3O4S/c1-30-16-26(29-17-30)36(34,35)12-11-19-7-8-20-9-10-25(31-27(32)23-15-24(23)28(31)33)22(21(20)13-19)14-18-5-3-2-4-6-18/h2-8,13,16-17,22-25H,9-12,14-15H2,1H3. The van der Waals surface area contributed by atoms with Gasteiger partial charge in [0.05, 0.1) is 23.9 Å². The number of fused-ring (bicyclic) bond motifs is 2. The number of nitrogens with zero attached hydrogens (tertiary/aromatic N) is 3. The Bertz CT molecular complexity index is 1430. The highest BCUT2D eigenvalue weighted by molar-refractivity contribution is 7.91. The number of carbonyl (C=O) groups excluding carboxylic acids is 2. The fraction of sp³-hybridized carbons (Fsp3) is 0.393. The van der Waals surface area contributed by atoms with Crippen LogP contribution in [0.25, 0.3) is 0 Å². The molecule has 2 aromatic carbocycles. The van der Waals surface area contributed by atoms with Gasteiger partial charge in [0.2, 0.25) is 11.8 Å². The molecule has 186 valence electrons. The molecule has 36 heavy (non-hydrogen) atoms. The third-order valence-corrected chi connectivity index (χ3v) is 9.56. The average Bonchev–Trinajstić information content (AvgIpc) is 3.49. The molecule has 2 aliphatic carbocycles. The van der Waals surface area contributed by atoms with E-state index in [0.29, 0.717) is 12.8 Å². The van der Waals surface area contributed by atoms with Crippen molar-refractivity contribution in [1.82, 2.24) is 14.5 Å². The summed E-state index contributed by atoms with van der Waals surface area (Å²) in [5.41, 5.74) is 4.44. The number of hydrogen-bond donors (Lipinski definition) is 0. The second-order valence-corrected chi connectivity index (χ2v) is 12.4. The Balaban J connectivity index is 1.31. The van der Waals surface area contributed by atoms with Crippen LogP contribution in [0, 0.1) is 11.8 Å². The minimum Gasteiger partial charge on any atom is -0.339 e. The molecule has 1 aliphatic heterocycles. The van der Waals surface area contributed by atoms with Crippen LogP contribution in [0.5, 0.6) is 0 Å². The summed E-state index contributed by atoms with van der Waals surface area (Å²) in [6.07, 6.45) is 6.37. The Kier molecular flexibility index (Phi) is 5.59. The average molecular weight is 504 g/mol. The van der Waals surface area contributed by atoms with Gasteiger partial charge in [-0.3, -0.25) is 14.5 Å². The van der Waals surface area contributed by atoms with Gasteiger partial charge >= 0.3 is 0 Å². The quantitative estimate of drug-likeness (QED) is 0.463. The van der Waals surface area contributed by atoms with Crippen LogP contribution in [-0.2, 0) is 45.7 Å². The minimum atomic E-state index is -3.49. The second-order valence-electron chi connectivity index (χ2n) is 10.4. The zero-order chi connectivity index (χ0) is 25.0. The van der Waals surface area contributed by atoms with Crippen molar-refractivity contribution < 1.29 is 18.0 Å². The van der Waals surface area contributed by atoms with E-state index in [4.69, 9.17) is 0 Å². The number of sulfone groups is 1. The summed E-state index contributed by atoms with van der Waals surface area (Å²) in [5.74, 6) is -0.280. The molecule has 3 aromatic rings. The lowest BCUT2D eigenvalue weighted by molar-refractivity contribution is -0.145. The summed E-state index contributed by atoms with van der Waals surface area (Å²) >= 11 is 0. The molecule has 6 rings (SSSR count). The SMILES string of the molecule is Cn1cnc(S(=O)(=O)CCc2ccc3c(c2)C(Cc2ccccc2)C(N2C(=O)C4CC4C2=O)CC3)c1. The first-order valence-electron chi connectivity index (χ1n) is 12.5. The highest BCUT2D eigenvalue weighted by Crippen LogP contribution is 2.50.